The number of anilines is 1. The van der Waals surface area contributed by atoms with Gasteiger partial charge in [-0.1, -0.05) is 15.9 Å². The molecule has 1 aliphatic heterocycles. The monoisotopic (exact) mass is 345 g/mol. The molecule has 1 aliphatic rings. The van der Waals surface area contributed by atoms with Gasteiger partial charge in [-0.05, 0) is 49.4 Å². The van der Waals surface area contributed by atoms with Crippen molar-refractivity contribution in [1.82, 2.24) is 0 Å². The predicted molar refractivity (Wildman–Crippen MR) is 82.9 cm³/mol. The van der Waals surface area contributed by atoms with Crippen LogP contribution in [0.2, 0.25) is 0 Å². The quantitative estimate of drug-likeness (QED) is 0.787. The average molecular weight is 346 g/mol. The Morgan fingerprint density at radius 3 is 2.58 bits per heavy atom. The van der Waals surface area contributed by atoms with Crippen molar-refractivity contribution < 1.29 is 8.42 Å². The Morgan fingerprint density at radius 2 is 2.00 bits per heavy atom. The number of alkyl halides is 1. The number of nitrogens with zero attached hydrogens (tertiary/aromatic N) is 1. The average Bonchev–Trinajstić information content (AvgIpc) is 2.39. The largest absolute Gasteiger partial charge is 0.371 e. The summed E-state index contributed by atoms with van der Waals surface area (Å²) in [5, 5.41) is 1.05. The fraction of sp³-hybridized carbons (Fsp3) is 0.571. The smallest absolute Gasteiger partial charge is 0.175 e. The summed E-state index contributed by atoms with van der Waals surface area (Å²) in [4.78, 5) is 2.76. The van der Waals surface area contributed by atoms with Gasteiger partial charge in [0.2, 0.25) is 0 Å². The highest BCUT2D eigenvalue weighted by atomic mass is 79.9. The molecule has 19 heavy (non-hydrogen) atoms. The van der Waals surface area contributed by atoms with Crippen molar-refractivity contribution in [2.24, 2.45) is 5.92 Å². The van der Waals surface area contributed by atoms with Crippen molar-refractivity contribution in [3.63, 3.8) is 0 Å². The summed E-state index contributed by atoms with van der Waals surface area (Å²) < 4.78 is 22.9. The first-order valence-electron chi connectivity index (χ1n) is 6.62. The van der Waals surface area contributed by atoms with Gasteiger partial charge in [-0.25, -0.2) is 8.42 Å². The van der Waals surface area contributed by atoms with E-state index in [2.05, 4.69) is 20.8 Å². The maximum absolute atomic E-state index is 11.4. The van der Waals surface area contributed by atoms with E-state index < -0.39 is 9.84 Å². The van der Waals surface area contributed by atoms with Gasteiger partial charge >= 0.3 is 0 Å². The summed E-state index contributed by atoms with van der Waals surface area (Å²) in [6.45, 7) is 2.14. The molecule has 5 heteroatoms. The molecule has 0 saturated carbocycles. The molecular formula is C14H20BrNO2S. The van der Waals surface area contributed by atoms with E-state index in [1.165, 1.54) is 25.5 Å². The zero-order valence-corrected chi connectivity index (χ0v) is 13.6. The summed E-state index contributed by atoms with van der Waals surface area (Å²) in [6, 6.07) is 7.26. The van der Waals surface area contributed by atoms with Crippen molar-refractivity contribution in [2.75, 3.05) is 29.6 Å². The van der Waals surface area contributed by atoms with E-state index in [9.17, 15) is 8.42 Å². The van der Waals surface area contributed by atoms with Crippen molar-refractivity contribution in [1.29, 1.82) is 0 Å². The van der Waals surface area contributed by atoms with Crippen molar-refractivity contribution in [2.45, 2.75) is 24.2 Å². The standard InChI is InChI=1S/C14H20BrNO2S/c1-19(17,18)14-6-4-13(5-7-14)16-10-2-3-12(11-16)8-9-15/h4-7,12H,2-3,8-11H2,1H3. The van der Waals surface area contributed by atoms with Gasteiger partial charge in [0.15, 0.2) is 9.84 Å². The van der Waals surface area contributed by atoms with E-state index in [1.54, 1.807) is 12.1 Å². The molecule has 1 saturated heterocycles. The van der Waals surface area contributed by atoms with Gasteiger partial charge in [-0.2, -0.15) is 0 Å². The van der Waals surface area contributed by atoms with E-state index in [0.29, 0.717) is 4.90 Å². The minimum Gasteiger partial charge on any atom is -0.371 e. The maximum atomic E-state index is 11.4. The number of halogens is 1. The zero-order valence-electron chi connectivity index (χ0n) is 11.2. The van der Waals surface area contributed by atoms with Gasteiger partial charge in [0.05, 0.1) is 4.90 Å². The van der Waals surface area contributed by atoms with Gasteiger partial charge in [0.1, 0.15) is 0 Å². The van der Waals surface area contributed by atoms with Crippen LogP contribution in [-0.4, -0.2) is 33.1 Å². The molecule has 0 bridgehead atoms. The number of rotatable bonds is 4. The van der Waals surface area contributed by atoms with E-state index in [1.807, 2.05) is 12.1 Å². The third kappa shape index (κ3) is 3.96. The Balaban J connectivity index is 2.09. The molecule has 0 aromatic heterocycles. The molecule has 1 unspecified atom stereocenters. The summed E-state index contributed by atoms with van der Waals surface area (Å²) in [6.07, 6.45) is 4.96. The first kappa shape index (κ1) is 14.9. The van der Waals surface area contributed by atoms with Gasteiger partial charge < -0.3 is 4.90 Å². The van der Waals surface area contributed by atoms with Crippen LogP contribution in [0.15, 0.2) is 29.2 Å². The fourth-order valence-corrected chi connectivity index (χ4v) is 3.87. The molecule has 1 fully saturated rings. The highest BCUT2D eigenvalue weighted by Crippen LogP contribution is 2.26. The molecule has 0 aliphatic carbocycles. The van der Waals surface area contributed by atoms with E-state index in [4.69, 9.17) is 0 Å². The third-order valence-electron chi connectivity index (χ3n) is 3.67. The van der Waals surface area contributed by atoms with E-state index in [0.717, 1.165) is 30.0 Å². The van der Waals surface area contributed by atoms with Gasteiger partial charge in [-0.15, -0.1) is 0 Å². The third-order valence-corrected chi connectivity index (χ3v) is 5.25. The highest BCUT2D eigenvalue weighted by molar-refractivity contribution is 9.09. The second-order valence-electron chi connectivity index (χ2n) is 5.20. The van der Waals surface area contributed by atoms with Crippen molar-refractivity contribution in [3.05, 3.63) is 24.3 Å². The van der Waals surface area contributed by atoms with Crippen molar-refractivity contribution in [3.8, 4) is 0 Å². The maximum Gasteiger partial charge on any atom is 0.175 e. The van der Waals surface area contributed by atoms with Gasteiger partial charge in [0, 0.05) is 30.4 Å². The van der Waals surface area contributed by atoms with Crippen LogP contribution in [0.1, 0.15) is 19.3 Å². The first-order chi connectivity index (χ1) is 9.00. The summed E-state index contributed by atoms with van der Waals surface area (Å²) in [5.74, 6) is 0.739. The lowest BCUT2D eigenvalue weighted by Gasteiger charge is -2.34. The van der Waals surface area contributed by atoms with Gasteiger partial charge in [0.25, 0.3) is 0 Å². The van der Waals surface area contributed by atoms with Crippen LogP contribution in [0.3, 0.4) is 0 Å². The second-order valence-corrected chi connectivity index (χ2v) is 8.01. The fourth-order valence-electron chi connectivity index (χ4n) is 2.59. The SMILES string of the molecule is CS(=O)(=O)c1ccc(N2CCCC(CCBr)C2)cc1. The summed E-state index contributed by atoms with van der Waals surface area (Å²) in [5.41, 5.74) is 1.13. The number of benzene rings is 1. The molecule has 1 aromatic carbocycles. The molecular weight excluding hydrogens is 326 g/mol. The molecule has 1 heterocycles. The summed E-state index contributed by atoms with van der Waals surface area (Å²) >= 11 is 3.51. The normalized spacial score (nSPS) is 20.5. The van der Waals surface area contributed by atoms with Crippen LogP contribution in [0, 0.1) is 5.92 Å². The molecule has 0 radical (unpaired) electrons. The van der Waals surface area contributed by atoms with Crippen LogP contribution in [0.25, 0.3) is 0 Å². The van der Waals surface area contributed by atoms with Crippen LogP contribution >= 0.6 is 15.9 Å². The number of piperidine rings is 1. The van der Waals surface area contributed by atoms with Crippen LogP contribution < -0.4 is 4.90 Å². The Kier molecular flexibility index (Phi) is 4.90. The Hall–Kier alpha value is -0.550. The predicted octanol–water partition coefficient (Wildman–Crippen LogP) is 3.09. The highest BCUT2D eigenvalue weighted by Gasteiger charge is 2.19. The number of hydrogen-bond donors (Lipinski definition) is 0. The van der Waals surface area contributed by atoms with Gasteiger partial charge in [-0.3, -0.25) is 0 Å². The Labute approximate surface area is 124 Å². The van der Waals surface area contributed by atoms with Crippen LogP contribution in [-0.2, 0) is 9.84 Å². The minimum absolute atomic E-state index is 0.394. The molecule has 3 nitrogen and oxygen atoms in total. The van der Waals surface area contributed by atoms with Crippen molar-refractivity contribution >= 4 is 31.5 Å². The number of hydrogen-bond acceptors (Lipinski definition) is 3. The van der Waals surface area contributed by atoms with E-state index >= 15 is 0 Å². The second kappa shape index (κ2) is 6.27. The number of sulfone groups is 1. The van der Waals surface area contributed by atoms with Crippen LogP contribution in [0.5, 0.6) is 0 Å². The lowest BCUT2D eigenvalue weighted by molar-refractivity contribution is 0.408. The molecule has 1 aromatic rings. The molecule has 2 rings (SSSR count). The van der Waals surface area contributed by atoms with E-state index in [-0.39, 0.29) is 0 Å². The molecule has 0 amide bonds. The lowest BCUT2D eigenvalue weighted by Crippen LogP contribution is -2.35. The molecule has 0 spiro atoms. The zero-order chi connectivity index (χ0) is 13.9. The molecule has 106 valence electrons. The molecule has 1 atom stereocenters. The van der Waals surface area contributed by atoms with Crippen LogP contribution in [0.4, 0.5) is 5.69 Å². The Morgan fingerprint density at radius 1 is 1.32 bits per heavy atom. The lowest BCUT2D eigenvalue weighted by atomic mass is 9.95. The molecule has 0 N–H and O–H groups in total. The Bertz CT molecular complexity index is 511. The topological polar surface area (TPSA) is 37.4 Å². The summed E-state index contributed by atoms with van der Waals surface area (Å²) in [7, 11) is -3.09. The first-order valence-corrected chi connectivity index (χ1v) is 9.63. The minimum atomic E-state index is -3.09.